The number of rotatable bonds is 5. The number of carbonyl (C=O) groups is 1. The molecule has 0 amide bonds. The van der Waals surface area contributed by atoms with Gasteiger partial charge in [0.05, 0.1) is 17.2 Å². The number of aryl methyl sites for hydroxylation is 1. The SMILES string of the molecule is Cc1cc([C@@H](C)Nc2ccccc2C(=O)O)c2nc(N3CCC(F)(F)[C@@H](C)C3)c(C)c(=O)n2c1. The number of hydrogen-bond acceptors (Lipinski definition) is 5. The first-order chi connectivity index (χ1) is 16.0. The van der Waals surface area contributed by atoms with Gasteiger partial charge in [-0.25, -0.2) is 18.6 Å². The summed E-state index contributed by atoms with van der Waals surface area (Å²) in [6.07, 6.45) is 1.41. The van der Waals surface area contributed by atoms with Gasteiger partial charge in [-0.1, -0.05) is 19.1 Å². The van der Waals surface area contributed by atoms with Crippen LogP contribution in [0, 0.1) is 19.8 Å². The number of nitrogens with one attached hydrogen (secondary N) is 1. The molecular weight excluding hydrogens is 442 g/mol. The first-order valence-corrected chi connectivity index (χ1v) is 11.2. The van der Waals surface area contributed by atoms with E-state index in [1.54, 1.807) is 36.2 Å². The van der Waals surface area contributed by atoms with E-state index in [0.717, 1.165) is 5.56 Å². The van der Waals surface area contributed by atoms with Crippen molar-refractivity contribution in [3.63, 3.8) is 0 Å². The van der Waals surface area contributed by atoms with Crippen LogP contribution in [-0.2, 0) is 0 Å². The summed E-state index contributed by atoms with van der Waals surface area (Å²) >= 11 is 0. The number of carboxylic acids is 1. The Hall–Kier alpha value is -3.49. The summed E-state index contributed by atoms with van der Waals surface area (Å²) in [5.41, 5.74) is 2.68. The van der Waals surface area contributed by atoms with Crippen LogP contribution < -0.4 is 15.8 Å². The maximum Gasteiger partial charge on any atom is 0.337 e. The Morgan fingerprint density at radius 2 is 2.00 bits per heavy atom. The smallest absolute Gasteiger partial charge is 0.337 e. The van der Waals surface area contributed by atoms with Gasteiger partial charge in [0, 0.05) is 42.9 Å². The van der Waals surface area contributed by atoms with Crippen molar-refractivity contribution in [1.29, 1.82) is 0 Å². The van der Waals surface area contributed by atoms with Crippen LogP contribution in [0.3, 0.4) is 0 Å². The fourth-order valence-corrected chi connectivity index (χ4v) is 4.50. The Balaban J connectivity index is 1.80. The minimum atomic E-state index is -2.74. The molecular formula is C25H28F2N4O3. The third kappa shape index (κ3) is 4.22. The molecule has 0 saturated carbocycles. The van der Waals surface area contributed by atoms with Crippen LogP contribution in [0.5, 0.6) is 0 Å². The normalized spacial score (nSPS) is 18.6. The van der Waals surface area contributed by atoms with Gasteiger partial charge in [0.1, 0.15) is 11.5 Å². The van der Waals surface area contributed by atoms with E-state index in [9.17, 15) is 23.5 Å². The van der Waals surface area contributed by atoms with Gasteiger partial charge >= 0.3 is 5.97 Å². The highest BCUT2D eigenvalue weighted by Crippen LogP contribution is 2.35. The molecule has 0 radical (unpaired) electrons. The molecule has 3 heterocycles. The molecule has 0 bridgehead atoms. The van der Waals surface area contributed by atoms with Gasteiger partial charge in [0.2, 0.25) is 0 Å². The number of halogens is 2. The average Bonchev–Trinajstić information content (AvgIpc) is 2.78. The standard InChI is InChI=1S/C25H28F2N4O3/c1-14-11-19(17(4)28-20-8-6-5-7-18(20)24(33)34)22-29-21(16(3)23(32)31(22)12-14)30-10-9-25(26,27)15(2)13-30/h5-8,11-12,15,17,28H,9-10,13H2,1-4H3,(H,33,34)/t15-,17+/m0/s1. The number of anilines is 2. The van der Waals surface area contributed by atoms with Crippen LogP contribution in [-0.4, -0.2) is 39.5 Å². The van der Waals surface area contributed by atoms with E-state index in [1.165, 1.54) is 17.4 Å². The first-order valence-electron chi connectivity index (χ1n) is 11.2. The van der Waals surface area contributed by atoms with Crippen LogP contribution in [0.1, 0.15) is 53.4 Å². The Kier molecular flexibility index (Phi) is 6.05. The molecule has 2 N–H and O–H groups in total. The lowest BCUT2D eigenvalue weighted by atomic mass is 9.95. The summed E-state index contributed by atoms with van der Waals surface area (Å²) in [4.78, 5) is 31.5. The number of para-hydroxylation sites is 1. The summed E-state index contributed by atoms with van der Waals surface area (Å²) < 4.78 is 29.6. The van der Waals surface area contributed by atoms with Crippen LogP contribution in [0.15, 0.2) is 41.3 Å². The second-order valence-corrected chi connectivity index (χ2v) is 9.11. The quantitative estimate of drug-likeness (QED) is 0.564. The lowest BCUT2D eigenvalue weighted by Gasteiger charge is -2.37. The molecule has 0 unspecified atom stereocenters. The summed E-state index contributed by atoms with van der Waals surface area (Å²) in [6.45, 7) is 7.13. The number of nitrogens with zero attached hydrogens (tertiary/aromatic N) is 3. The molecule has 1 saturated heterocycles. The van der Waals surface area contributed by atoms with Crippen molar-refractivity contribution in [3.05, 3.63) is 69.1 Å². The number of piperidine rings is 1. The first kappa shape index (κ1) is 23.7. The minimum Gasteiger partial charge on any atom is -0.478 e. The van der Waals surface area contributed by atoms with Crippen molar-refractivity contribution in [3.8, 4) is 0 Å². The van der Waals surface area contributed by atoms with Crippen LogP contribution >= 0.6 is 0 Å². The Morgan fingerprint density at radius 3 is 2.68 bits per heavy atom. The van der Waals surface area contributed by atoms with Crippen molar-refractivity contribution in [2.24, 2.45) is 5.92 Å². The molecule has 9 heteroatoms. The second-order valence-electron chi connectivity index (χ2n) is 9.11. The number of alkyl halides is 2. The number of aromatic nitrogens is 2. The molecule has 1 aliphatic heterocycles. The van der Waals surface area contributed by atoms with Gasteiger partial charge in [-0.3, -0.25) is 9.20 Å². The molecule has 1 aliphatic rings. The van der Waals surface area contributed by atoms with Gasteiger partial charge in [-0.2, -0.15) is 0 Å². The molecule has 0 aliphatic carbocycles. The van der Waals surface area contributed by atoms with Gasteiger partial charge in [-0.15, -0.1) is 0 Å². The lowest BCUT2D eigenvalue weighted by molar-refractivity contribution is -0.0652. The molecule has 3 aromatic rings. The summed E-state index contributed by atoms with van der Waals surface area (Å²) in [5, 5.41) is 12.7. The van der Waals surface area contributed by atoms with E-state index < -0.39 is 17.8 Å². The molecule has 0 spiro atoms. The summed E-state index contributed by atoms with van der Waals surface area (Å²) in [6, 6.07) is 8.11. The number of carboxylic acid groups (broad SMARTS) is 1. The summed E-state index contributed by atoms with van der Waals surface area (Å²) in [5.74, 6) is -4.23. The third-order valence-electron chi connectivity index (χ3n) is 6.51. The molecule has 1 fully saturated rings. The van der Waals surface area contributed by atoms with E-state index in [1.807, 2.05) is 19.9 Å². The number of hydrogen-bond donors (Lipinski definition) is 2. The maximum atomic E-state index is 14.1. The minimum absolute atomic E-state index is 0.109. The fraction of sp³-hybridized carbons (Fsp3) is 0.400. The highest BCUT2D eigenvalue weighted by Gasteiger charge is 2.42. The monoisotopic (exact) mass is 470 g/mol. The van der Waals surface area contributed by atoms with E-state index in [-0.39, 0.29) is 36.7 Å². The Morgan fingerprint density at radius 1 is 1.29 bits per heavy atom. The van der Waals surface area contributed by atoms with E-state index in [2.05, 4.69) is 5.32 Å². The van der Waals surface area contributed by atoms with Gasteiger partial charge in [0.25, 0.3) is 11.5 Å². The highest BCUT2D eigenvalue weighted by atomic mass is 19.3. The Labute approximate surface area is 196 Å². The van der Waals surface area contributed by atoms with Crippen LogP contribution in [0.25, 0.3) is 5.65 Å². The van der Waals surface area contributed by atoms with Crippen molar-refractivity contribution in [2.75, 3.05) is 23.3 Å². The van der Waals surface area contributed by atoms with Gasteiger partial charge < -0.3 is 15.3 Å². The van der Waals surface area contributed by atoms with E-state index in [4.69, 9.17) is 4.98 Å². The zero-order valence-corrected chi connectivity index (χ0v) is 19.6. The predicted octanol–water partition coefficient (Wildman–Crippen LogP) is 4.66. The molecule has 1 aromatic carbocycles. The molecule has 180 valence electrons. The van der Waals surface area contributed by atoms with Crippen LogP contribution in [0.2, 0.25) is 0 Å². The summed E-state index contributed by atoms with van der Waals surface area (Å²) in [7, 11) is 0. The third-order valence-corrected chi connectivity index (χ3v) is 6.51. The van der Waals surface area contributed by atoms with E-state index in [0.29, 0.717) is 28.3 Å². The van der Waals surface area contributed by atoms with Crippen molar-refractivity contribution < 1.29 is 18.7 Å². The highest BCUT2D eigenvalue weighted by molar-refractivity contribution is 5.94. The predicted molar refractivity (Wildman–Crippen MR) is 127 cm³/mol. The maximum absolute atomic E-state index is 14.1. The fourth-order valence-electron chi connectivity index (χ4n) is 4.50. The van der Waals surface area contributed by atoms with Crippen LogP contribution in [0.4, 0.5) is 20.3 Å². The average molecular weight is 471 g/mol. The van der Waals surface area contributed by atoms with Crippen molar-refractivity contribution in [1.82, 2.24) is 9.38 Å². The molecule has 2 aromatic heterocycles. The molecule has 4 rings (SSSR count). The van der Waals surface area contributed by atoms with Crippen molar-refractivity contribution in [2.45, 2.75) is 46.1 Å². The number of benzene rings is 1. The molecule has 7 nitrogen and oxygen atoms in total. The largest absolute Gasteiger partial charge is 0.478 e. The number of aromatic carboxylic acids is 1. The molecule has 2 atom stereocenters. The zero-order valence-electron chi connectivity index (χ0n) is 19.6. The molecule has 34 heavy (non-hydrogen) atoms. The Bertz CT molecular complexity index is 1320. The van der Waals surface area contributed by atoms with Crippen molar-refractivity contribution >= 4 is 23.1 Å². The van der Waals surface area contributed by atoms with Gasteiger partial charge in [-0.05, 0) is 44.5 Å². The zero-order chi connectivity index (χ0) is 24.8. The number of fused-ring (bicyclic) bond motifs is 1. The van der Waals surface area contributed by atoms with Gasteiger partial charge in [0.15, 0.2) is 0 Å². The number of pyridine rings is 1. The second kappa shape index (κ2) is 8.70. The van der Waals surface area contributed by atoms with E-state index >= 15 is 0 Å². The topological polar surface area (TPSA) is 86.9 Å². The lowest BCUT2D eigenvalue weighted by Crippen LogP contribution is -2.47.